The first kappa shape index (κ1) is 11.0. The van der Waals surface area contributed by atoms with Gasteiger partial charge in [-0.2, -0.15) is 0 Å². The van der Waals surface area contributed by atoms with Crippen molar-refractivity contribution in [3.63, 3.8) is 0 Å². The van der Waals surface area contributed by atoms with E-state index in [0.29, 0.717) is 30.8 Å². The van der Waals surface area contributed by atoms with Gasteiger partial charge in [0.05, 0.1) is 16.1 Å². The third-order valence-corrected chi connectivity index (χ3v) is 2.57. The number of hydrogen-bond donors (Lipinski definition) is 0. The normalized spacial score (nSPS) is 13.4. The van der Waals surface area contributed by atoms with E-state index in [1.165, 1.54) is 13.0 Å². The Morgan fingerprint density at radius 2 is 2.00 bits per heavy atom. The lowest BCUT2D eigenvalue weighted by molar-refractivity contribution is 0.0998. The van der Waals surface area contributed by atoms with Gasteiger partial charge in [-0.3, -0.25) is 9.59 Å². The van der Waals surface area contributed by atoms with Crippen LogP contribution in [-0.2, 0) is 0 Å². The number of aldehydes is 1. The van der Waals surface area contributed by atoms with Crippen molar-refractivity contribution in [2.75, 3.05) is 13.2 Å². The highest BCUT2D eigenvalue weighted by Gasteiger charge is 2.25. The Kier molecular flexibility index (Phi) is 2.83. The van der Waals surface area contributed by atoms with Gasteiger partial charge in [-0.25, -0.2) is 0 Å². The van der Waals surface area contributed by atoms with Crippen LogP contribution in [0.3, 0.4) is 0 Å². The number of carbonyl (C=O) groups is 2. The second kappa shape index (κ2) is 4.14. The number of benzene rings is 1. The van der Waals surface area contributed by atoms with Gasteiger partial charge in [-0.1, -0.05) is 11.6 Å². The van der Waals surface area contributed by atoms with Crippen molar-refractivity contribution < 1.29 is 19.1 Å². The van der Waals surface area contributed by atoms with E-state index in [0.717, 1.165) is 0 Å². The molecule has 5 heteroatoms. The highest BCUT2D eigenvalue weighted by Crippen LogP contribution is 2.40. The molecule has 0 radical (unpaired) electrons. The molecule has 1 aliphatic rings. The van der Waals surface area contributed by atoms with Crippen LogP contribution in [0.1, 0.15) is 27.6 Å². The summed E-state index contributed by atoms with van der Waals surface area (Å²) in [6, 6.07) is 1.42. The summed E-state index contributed by atoms with van der Waals surface area (Å²) < 4.78 is 10.7. The fraction of sp³-hybridized carbons (Fsp3) is 0.273. The van der Waals surface area contributed by atoms with Crippen LogP contribution in [0.4, 0.5) is 0 Å². The average Bonchev–Trinajstić information content (AvgIpc) is 2.27. The first-order valence-corrected chi connectivity index (χ1v) is 5.11. The monoisotopic (exact) mass is 240 g/mol. The molecule has 1 heterocycles. The molecule has 0 amide bonds. The molecule has 16 heavy (non-hydrogen) atoms. The van der Waals surface area contributed by atoms with Crippen LogP contribution in [0.5, 0.6) is 11.5 Å². The molecule has 0 fully saturated rings. The lowest BCUT2D eigenvalue weighted by atomic mass is 10.1. The van der Waals surface area contributed by atoms with Gasteiger partial charge < -0.3 is 9.47 Å². The average molecular weight is 241 g/mol. The first-order valence-electron chi connectivity index (χ1n) is 4.73. The Morgan fingerprint density at radius 3 is 2.56 bits per heavy atom. The Labute approximate surface area is 97.1 Å². The SMILES string of the molecule is CC(=O)c1c(Cl)cc(C=O)c2c1OCCO2. The van der Waals surface area contributed by atoms with E-state index in [2.05, 4.69) is 0 Å². The van der Waals surface area contributed by atoms with Crippen LogP contribution < -0.4 is 9.47 Å². The maximum absolute atomic E-state index is 11.4. The van der Waals surface area contributed by atoms with Crippen molar-refractivity contribution in [3.05, 3.63) is 22.2 Å². The van der Waals surface area contributed by atoms with Gasteiger partial charge in [-0.15, -0.1) is 0 Å². The minimum Gasteiger partial charge on any atom is -0.485 e. The summed E-state index contributed by atoms with van der Waals surface area (Å²) in [6.45, 7) is 2.08. The number of carbonyl (C=O) groups excluding carboxylic acids is 2. The molecule has 0 aliphatic carbocycles. The molecule has 1 aliphatic heterocycles. The van der Waals surface area contributed by atoms with Gasteiger partial charge in [0.1, 0.15) is 13.2 Å². The zero-order valence-electron chi connectivity index (χ0n) is 8.58. The lowest BCUT2D eigenvalue weighted by Crippen LogP contribution is -2.19. The van der Waals surface area contributed by atoms with Gasteiger partial charge >= 0.3 is 0 Å². The van der Waals surface area contributed by atoms with Crippen molar-refractivity contribution in [1.29, 1.82) is 0 Å². The molecule has 0 spiro atoms. The molecule has 84 valence electrons. The van der Waals surface area contributed by atoms with Crippen LogP contribution in [0.2, 0.25) is 5.02 Å². The zero-order valence-corrected chi connectivity index (χ0v) is 9.34. The van der Waals surface area contributed by atoms with Crippen molar-refractivity contribution in [2.24, 2.45) is 0 Å². The van der Waals surface area contributed by atoms with E-state index in [1.807, 2.05) is 0 Å². The molecule has 2 rings (SSSR count). The fourth-order valence-corrected chi connectivity index (χ4v) is 1.95. The summed E-state index contributed by atoms with van der Waals surface area (Å²) in [6.07, 6.45) is 0.628. The molecule has 1 aromatic carbocycles. The minimum atomic E-state index is -0.218. The van der Waals surface area contributed by atoms with Gasteiger partial charge in [0, 0.05) is 0 Å². The summed E-state index contributed by atoms with van der Waals surface area (Å²) in [4.78, 5) is 22.3. The molecule has 0 atom stereocenters. The molecular formula is C11H9ClO4. The number of Topliss-reactive ketones (excluding diaryl/α,β-unsaturated/α-hetero) is 1. The first-order chi connectivity index (χ1) is 7.65. The molecule has 0 saturated carbocycles. The summed E-state index contributed by atoms with van der Waals surface area (Å²) >= 11 is 5.92. The van der Waals surface area contributed by atoms with E-state index in [4.69, 9.17) is 21.1 Å². The Hall–Kier alpha value is -1.55. The fourth-order valence-electron chi connectivity index (χ4n) is 1.62. The number of hydrogen-bond acceptors (Lipinski definition) is 4. The van der Waals surface area contributed by atoms with Crippen molar-refractivity contribution in [1.82, 2.24) is 0 Å². The van der Waals surface area contributed by atoms with Crippen LogP contribution in [-0.4, -0.2) is 25.3 Å². The number of ketones is 1. The summed E-state index contributed by atoms with van der Waals surface area (Å²) in [5, 5.41) is 0.207. The Balaban J connectivity index is 2.72. The quantitative estimate of drug-likeness (QED) is 0.587. The van der Waals surface area contributed by atoms with E-state index >= 15 is 0 Å². The predicted octanol–water partition coefficient (Wildman–Crippen LogP) is 2.13. The van der Waals surface area contributed by atoms with E-state index in [9.17, 15) is 9.59 Å². The predicted molar refractivity (Wildman–Crippen MR) is 57.8 cm³/mol. The summed E-state index contributed by atoms with van der Waals surface area (Å²) in [7, 11) is 0. The third-order valence-electron chi connectivity index (χ3n) is 2.27. The van der Waals surface area contributed by atoms with Gasteiger partial charge in [0.15, 0.2) is 23.6 Å². The molecule has 0 bridgehead atoms. The van der Waals surface area contributed by atoms with Crippen molar-refractivity contribution >= 4 is 23.7 Å². The van der Waals surface area contributed by atoms with Crippen molar-refractivity contribution in [3.8, 4) is 11.5 Å². The Bertz CT molecular complexity index is 468. The lowest BCUT2D eigenvalue weighted by Gasteiger charge is -2.22. The largest absolute Gasteiger partial charge is 0.485 e. The minimum absolute atomic E-state index is 0.207. The molecule has 0 N–H and O–H groups in total. The zero-order chi connectivity index (χ0) is 11.7. The van der Waals surface area contributed by atoms with Crippen LogP contribution >= 0.6 is 11.6 Å². The number of fused-ring (bicyclic) bond motifs is 1. The Morgan fingerprint density at radius 1 is 1.38 bits per heavy atom. The number of ether oxygens (including phenoxy) is 2. The molecular weight excluding hydrogens is 232 g/mol. The highest BCUT2D eigenvalue weighted by atomic mass is 35.5. The molecule has 0 unspecified atom stereocenters. The number of rotatable bonds is 2. The van der Waals surface area contributed by atoms with E-state index in [1.54, 1.807) is 0 Å². The standard InChI is InChI=1S/C11H9ClO4/c1-6(14)9-8(12)4-7(5-13)10-11(9)16-3-2-15-10/h4-5H,2-3H2,1H3. The summed E-state index contributed by atoms with van der Waals surface area (Å²) in [5.74, 6) is 0.355. The van der Waals surface area contributed by atoms with Crippen LogP contribution in [0, 0.1) is 0 Å². The van der Waals surface area contributed by atoms with Gasteiger partial charge in [0.25, 0.3) is 0 Å². The number of halogens is 1. The van der Waals surface area contributed by atoms with Crippen LogP contribution in [0.15, 0.2) is 6.07 Å². The van der Waals surface area contributed by atoms with Gasteiger partial charge in [0.2, 0.25) is 0 Å². The molecule has 4 nitrogen and oxygen atoms in total. The molecule has 0 saturated heterocycles. The highest BCUT2D eigenvalue weighted by molar-refractivity contribution is 6.34. The second-order valence-electron chi connectivity index (χ2n) is 3.35. The molecule has 1 aromatic rings. The maximum atomic E-state index is 11.4. The summed E-state index contributed by atoms with van der Waals surface area (Å²) in [5.41, 5.74) is 0.562. The smallest absolute Gasteiger partial charge is 0.174 e. The van der Waals surface area contributed by atoms with E-state index < -0.39 is 0 Å². The molecule has 0 aromatic heterocycles. The van der Waals surface area contributed by atoms with Crippen molar-refractivity contribution in [2.45, 2.75) is 6.92 Å². The topological polar surface area (TPSA) is 52.6 Å². The van der Waals surface area contributed by atoms with E-state index in [-0.39, 0.29) is 22.1 Å². The second-order valence-corrected chi connectivity index (χ2v) is 3.76. The van der Waals surface area contributed by atoms with Crippen LogP contribution in [0.25, 0.3) is 0 Å². The maximum Gasteiger partial charge on any atom is 0.174 e. The third kappa shape index (κ3) is 1.65. The van der Waals surface area contributed by atoms with Gasteiger partial charge in [-0.05, 0) is 13.0 Å².